The van der Waals surface area contributed by atoms with Gasteiger partial charge >= 0.3 is 0 Å². The fourth-order valence-electron chi connectivity index (χ4n) is 3.79. The second-order valence-corrected chi connectivity index (χ2v) is 6.49. The molecular weight excluding hydrogens is 260 g/mol. The summed E-state index contributed by atoms with van der Waals surface area (Å²) in [5.41, 5.74) is 2.77. The largest absolute Gasteiger partial charge is 0.339 e. The second-order valence-electron chi connectivity index (χ2n) is 6.49. The van der Waals surface area contributed by atoms with Crippen molar-refractivity contribution in [2.45, 2.75) is 44.6 Å². The Labute approximate surface area is 127 Å². The van der Waals surface area contributed by atoms with Crippen molar-refractivity contribution >= 4 is 5.91 Å². The van der Waals surface area contributed by atoms with E-state index < -0.39 is 0 Å². The molecule has 3 nitrogen and oxygen atoms in total. The van der Waals surface area contributed by atoms with Gasteiger partial charge in [-0.15, -0.1) is 0 Å². The maximum absolute atomic E-state index is 12.5. The summed E-state index contributed by atoms with van der Waals surface area (Å²) in [5, 5.41) is 3.39. The minimum absolute atomic E-state index is 0.293. The summed E-state index contributed by atoms with van der Waals surface area (Å²) < 4.78 is 0. The third-order valence-electron chi connectivity index (χ3n) is 5.19. The maximum Gasteiger partial charge on any atom is 0.222 e. The zero-order valence-corrected chi connectivity index (χ0v) is 13.0. The molecule has 1 saturated heterocycles. The number of benzene rings is 1. The maximum atomic E-state index is 12.5. The summed E-state index contributed by atoms with van der Waals surface area (Å²) in [6, 6.07) is 8.86. The van der Waals surface area contributed by atoms with Crippen LogP contribution in [0, 0.1) is 5.92 Å². The summed E-state index contributed by atoms with van der Waals surface area (Å²) in [4.78, 5) is 14.5. The van der Waals surface area contributed by atoms with E-state index in [0.29, 0.717) is 18.4 Å². The van der Waals surface area contributed by atoms with Crippen molar-refractivity contribution < 1.29 is 4.79 Å². The predicted octanol–water partition coefficient (Wildman–Crippen LogP) is 2.91. The molecule has 2 aliphatic rings. The number of rotatable bonds is 4. The van der Waals surface area contributed by atoms with E-state index >= 15 is 0 Å². The molecule has 1 fully saturated rings. The molecule has 114 valence electrons. The number of fused-ring (bicyclic) bond motifs is 1. The first-order chi connectivity index (χ1) is 10.3. The van der Waals surface area contributed by atoms with Crippen molar-refractivity contribution in [1.29, 1.82) is 0 Å². The standard InChI is InChI=1S/C18H26N2O/c1-20(17-8-7-15-4-2-3-5-16(15)17)18(21)9-6-14-10-12-19-13-11-14/h2-5,14,17,19H,6-13H2,1H3. The first-order valence-electron chi connectivity index (χ1n) is 8.30. The summed E-state index contributed by atoms with van der Waals surface area (Å²) >= 11 is 0. The van der Waals surface area contributed by atoms with Gasteiger partial charge in [0.05, 0.1) is 6.04 Å². The van der Waals surface area contributed by atoms with Gasteiger partial charge in [0.25, 0.3) is 0 Å². The van der Waals surface area contributed by atoms with E-state index in [1.807, 2.05) is 11.9 Å². The third kappa shape index (κ3) is 3.29. The molecule has 1 aliphatic carbocycles. The van der Waals surface area contributed by atoms with Gasteiger partial charge in [-0.05, 0) is 62.2 Å². The van der Waals surface area contributed by atoms with Crippen molar-refractivity contribution in [3.8, 4) is 0 Å². The van der Waals surface area contributed by atoms with Gasteiger partial charge in [-0.1, -0.05) is 24.3 Å². The van der Waals surface area contributed by atoms with Crippen LogP contribution in [0.2, 0.25) is 0 Å². The average molecular weight is 286 g/mol. The van der Waals surface area contributed by atoms with E-state index in [2.05, 4.69) is 29.6 Å². The zero-order valence-electron chi connectivity index (χ0n) is 13.0. The summed E-state index contributed by atoms with van der Waals surface area (Å²) in [6.07, 6.45) is 6.40. The molecule has 1 atom stereocenters. The number of amides is 1. The first kappa shape index (κ1) is 14.6. The van der Waals surface area contributed by atoms with E-state index in [0.717, 1.165) is 38.3 Å². The number of nitrogens with one attached hydrogen (secondary N) is 1. The van der Waals surface area contributed by atoms with Crippen LogP contribution in [0.5, 0.6) is 0 Å². The minimum Gasteiger partial charge on any atom is -0.339 e. The van der Waals surface area contributed by atoms with Crippen LogP contribution in [0.4, 0.5) is 0 Å². The van der Waals surface area contributed by atoms with Gasteiger partial charge in [0.2, 0.25) is 5.91 Å². The Kier molecular flexibility index (Phi) is 4.59. The molecule has 1 unspecified atom stereocenters. The molecule has 1 N–H and O–H groups in total. The van der Waals surface area contributed by atoms with Gasteiger partial charge in [-0.2, -0.15) is 0 Å². The van der Waals surface area contributed by atoms with E-state index in [1.165, 1.54) is 24.0 Å². The van der Waals surface area contributed by atoms with Crippen molar-refractivity contribution in [1.82, 2.24) is 10.2 Å². The van der Waals surface area contributed by atoms with Crippen LogP contribution in [0.15, 0.2) is 24.3 Å². The minimum atomic E-state index is 0.293. The Bertz CT molecular complexity index is 494. The molecule has 1 aromatic rings. The Hall–Kier alpha value is -1.35. The van der Waals surface area contributed by atoms with Gasteiger partial charge in [0.1, 0.15) is 0 Å². The predicted molar refractivity (Wildman–Crippen MR) is 85.1 cm³/mol. The lowest BCUT2D eigenvalue weighted by molar-refractivity contribution is -0.132. The van der Waals surface area contributed by atoms with Crippen molar-refractivity contribution in [2.24, 2.45) is 5.92 Å². The van der Waals surface area contributed by atoms with Crippen LogP contribution in [-0.2, 0) is 11.2 Å². The number of piperidine rings is 1. The highest BCUT2D eigenvalue weighted by molar-refractivity contribution is 5.76. The van der Waals surface area contributed by atoms with E-state index in [4.69, 9.17) is 0 Å². The number of hydrogen-bond donors (Lipinski definition) is 1. The van der Waals surface area contributed by atoms with E-state index in [1.54, 1.807) is 0 Å². The lowest BCUT2D eigenvalue weighted by Crippen LogP contribution is -2.32. The van der Waals surface area contributed by atoms with Crippen molar-refractivity contribution in [3.63, 3.8) is 0 Å². The molecule has 3 rings (SSSR count). The van der Waals surface area contributed by atoms with Gasteiger partial charge in [0, 0.05) is 13.5 Å². The Morgan fingerprint density at radius 2 is 2.00 bits per heavy atom. The molecule has 0 spiro atoms. The SMILES string of the molecule is CN(C(=O)CCC1CCNCC1)C1CCc2ccccc21. The Morgan fingerprint density at radius 3 is 2.81 bits per heavy atom. The number of nitrogens with zero attached hydrogens (tertiary/aromatic N) is 1. The van der Waals surface area contributed by atoms with Crippen LogP contribution in [-0.4, -0.2) is 30.9 Å². The van der Waals surface area contributed by atoms with Crippen LogP contribution < -0.4 is 5.32 Å². The molecule has 21 heavy (non-hydrogen) atoms. The van der Waals surface area contributed by atoms with Gasteiger partial charge in [-0.25, -0.2) is 0 Å². The number of carbonyl (C=O) groups is 1. The van der Waals surface area contributed by atoms with Crippen LogP contribution in [0.1, 0.15) is 49.3 Å². The van der Waals surface area contributed by atoms with Gasteiger partial charge in [0.15, 0.2) is 0 Å². The van der Waals surface area contributed by atoms with Crippen LogP contribution in [0.3, 0.4) is 0 Å². The number of hydrogen-bond acceptors (Lipinski definition) is 2. The number of aryl methyl sites for hydroxylation is 1. The topological polar surface area (TPSA) is 32.3 Å². The fraction of sp³-hybridized carbons (Fsp3) is 0.611. The molecular formula is C18H26N2O. The Balaban J connectivity index is 1.55. The van der Waals surface area contributed by atoms with Crippen LogP contribution in [0.25, 0.3) is 0 Å². The molecule has 0 aromatic heterocycles. The normalized spacial score (nSPS) is 22.0. The lowest BCUT2D eigenvalue weighted by Gasteiger charge is -2.27. The van der Waals surface area contributed by atoms with Crippen molar-refractivity contribution in [3.05, 3.63) is 35.4 Å². The lowest BCUT2D eigenvalue weighted by atomic mass is 9.93. The van der Waals surface area contributed by atoms with Crippen LogP contribution >= 0.6 is 0 Å². The molecule has 0 saturated carbocycles. The van der Waals surface area contributed by atoms with Gasteiger partial charge in [-0.3, -0.25) is 4.79 Å². The summed E-state index contributed by atoms with van der Waals surface area (Å²) in [5.74, 6) is 1.05. The molecule has 3 heteroatoms. The highest BCUT2D eigenvalue weighted by Gasteiger charge is 2.28. The average Bonchev–Trinajstić information content (AvgIpc) is 2.97. The zero-order chi connectivity index (χ0) is 14.7. The molecule has 1 heterocycles. The molecule has 1 amide bonds. The van der Waals surface area contributed by atoms with Gasteiger partial charge < -0.3 is 10.2 Å². The fourth-order valence-corrected chi connectivity index (χ4v) is 3.79. The smallest absolute Gasteiger partial charge is 0.222 e. The van der Waals surface area contributed by atoms with Crippen molar-refractivity contribution in [2.75, 3.05) is 20.1 Å². The monoisotopic (exact) mass is 286 g/mol. The first-order valence-corrected chi connectivity index (χ1v) is 8.30. The molecule has 1 aliphatic heterocycles. The summed E-state index contributed by atoms with van der Waals surface area (Å²) in [6.45, 7) is 2.23. The van der Waals surface area contributed by atoms with E-state index in [9.17, 15) is 4.79 Å². The quantitative estimate of drug-likeness (QED) is 0.923. The Morgan fingerprint density at radius 1 is 1.24 bits per heavy atom. The highest BCUT2D eigenvalue weighted by Crippen LogP contribution is 2.35. The van der Waals surface area contributed by atoms with E-state index in [-0.39, 0.29) is 0 Å². The highest BCUT2D eigenvalue weighted by atomic mass is 16.2. The second kappa shape index (κ2) is 6.61. The summed E-state index contributed by atoms with van der Waals surface area (Å²) in [7, 11) is 1.98. The molecule has 0 radical (unpaired) electrons. The molecule has 1 aromatic carbocycles. The number of carbonyl (C=O) groups excluding carboxylic acids is 1. The molecule has 0 bridgehead atoms. The third-order valence-corrected chi connectivity index (χ3v) is 5.19.